The summed E-state index contributed by atoms with van der Waals surface area (Å²) in [5.41, 5.74) is 2.48. The van der Waals surface area contributed by atoms with Crippen LogP contribution in [0.4, 0.5) is 5.69 Å². The van der Waals surface area contributed by atoms with Gasteiger partial charge in [-0.15, -0.1) is 0 Å². The van der Waals surface area contributed by atoms with Gasteiger partial charge in [0, 0.05) is 42.5 Å². The van der Waals surface area contributed by atoms with E-state index in [1.165, 1.54) is 30.6 Å². The third-order valence-corrected chi connectivity index (χ3v) is 4.53. The summed E-state index contributed by atoms with van der Waals surface area (Å²) in [6, 6.07) is 6.80. The van der Waals surface area contributed by atoms with Crippen molar-refractivity contribution in [3.05, 3.63) is 28.8 Å². The molecule has 1 aromatic rings. The van der Waals surface area contributed by atoms with E-state index < -0.39 is 0 Å². The zero-order valence-electron chi connectivity index (χ0n) is 12.8. The van der Waals surface area contributed by atoms with Crippen molar-refractivity contribution in [1.29, 1.82) is 0 Å². The molecule has 0 amide bonds. The average molecular weight is 296 g/mol. The second-order valence-corrected chi connectivity index (χ2v) is 6.09. The normalized spacial score (nSPS) is 20.1. The van der Waals surface area contributed by atoms with Crippen molar-refractivity contribution in [2.75, 3.05) is 38.6 Å². The molecule has 0 radical (unpaired) electrons. The summed E-state index contributed by atoms with van der Waals surface area (Å²) in [6.07, 6.45) is 2.53. The molecule has 1 aliphatic rings. The zero-order chi connectivity index (χ0) is 14.5. The number of piperidine rings is 1. The Labute approximate surface area is 127 Å². The molecule has 4 heteroatoms. The van der Waals surface area contributed by atoms with Crippen molar-refractivity contribution in [3.63, 3.8) is 0 Å². The molecule has 1 aromatic carbocycles. The van der Waals surface area contributed by atoms with Crippen LogP contribution in [0.1, 0.15) is 25.3 Å². The number of anilines is 1. The number of halogens is 1. The zero-order valence-corrected chi connectivity index (χ0v) is 13.6. The van der Waals surface area contributed by atoms with E-state index in [4.69, 9.17) is 11.6 Å². The fourth-order valence-corrected chi connectivity index (χ4v) is 3.19. The van der Waals surface area contributed by atoms with Crippen molar-refractivity contribution < 1.29 is 0 Å². The maximum absolute atomic E-state index is 6.40. The fourth-order valence-electron chi connectivity index (χ4n) is 2.95. The van der Waals surface area contributed by atoms with Crippen LogP contribution >= 0.6 is 11.6 Å². The highest BCUT2D eigenvalue weighted by Gasteiger charge is 2.23. The van der Waals surface area contributed by atoms with Crippen molar-refractivity contribution in [2.24, 2.45) is 0 Å². The summed E-state index contributed by atoms with van der Waals surface area (Å²) in [5, 5.41) is 4.25. The van der Waals surface area contributed by atoms with Gasteiger partial charge in [0.2, 0.25) is 0 Å². The molecule has 1 saturated heterocycles. The maximum atomic E-state index is 6.40. The van der Waals surface area contributed by atoms with Crippen LogP contribution in [-0.4, -0.2) is 44.7 Å². The van der Waals surface area contributed by atoms with Crippen molar-refractivity contribution in [1.82, 2.24) is 10.2 Å². The second kappa shape index (κ2) is 7.30. The third-order valence-electron chi connectivity index (χ3n) is 4.17. The number of hydrogen-bond donors (Lipinski definition) is 1. The Balaban J connectivity index is 2.19. The lowest BCUT2D eigenvalue weighted by atomic mass is 10.0. The molecule has 1 heterocycles. The van der Waals surface area contributed by atoms with E-state index >= 15 is 0 Å². The van der Waals surface area contributed by atoms with Gasteiger partial charge in [0.25, 0.3) is 0 Å². The highest BCUT2D eigenvalue weighted by atomic mass is 35.5. The average Bonchev–Trinajstić information content (AvgIpc) is 2.45. The minimum atomic E-state index is 0.576. The van der Waals surface area contributed by atoms with Crippen LogP contribution in [0.2, 0.25) is 5.02 Å². The molecule has 0 aliphatic carbocycles. The Morgan fingerprint density at radius 2 is 2.25 bits per heavy atom. The minimum Gasteiger partial charge on any atom is -0.370 e. The van der Waals surface area contributed by atoms with E-state index in [0.717, 1.165) is 24.7 Å². The Morgan fingerprint density at radius 1 is 1.45 bits per heavy atom. The van der Waals surface area contributed by atoms with Crippen LogP contribution in [0, 0.1) is 0 Å². The van der Waals surface area contributed by atoms with Gasteiger partial charge in [-0.05, 0) is 45.1 Å². The van der Waals surface area contributed by atoms with E-state index in [1.807, 2.05) is 6.07 Å². The topological polar surface area (TPSA) is 18.5 Å². The first-order valence-electron chi connectivity index (χ1n) is 7.53. The SMILES string of the molecule is CCNCc1c(Cl)cccc1N(C)C1CCCN(C)C1. The lowest BCUT2D eigenvalue weighted by molar-refractivity contribution is 0.248. The molecule has 0 bridgehead atoms. The first-order chi connectivity index (χ1) is 9.63. The van der Waals surface area contributed by atoms with Gasteiger partial charge in [-0.3, -0.25) is 0 Å². The molecule has 2 rings (SSSR count). The molecular formula is C16H26ClN3. The molecule has 1 fully saturated rings. The van der Waals surface area contributed by atoms with Crippen LogP contribution in [0.5, 0.6) is 0 Å². The molecular weight excluding hydrogens is 270 g/mol. The van der Waals surface area contributed by atoms with E-state index in [9.17, 15) is 0 Å². The van der Waals surface area contributed by atoms with Gasteiger partial charge < -0.3 is 15.1 Å². The van der Waals surface area contributed by atoms with Crippen molar-refractivity contribution in [3.8, 4) is 0 Å². The van der Waals surface area contributed by atoms with Crippen molar-refractivity contribution >= 4 is 17.3 Å². The van der Waals surface area contributed by atoms with E-state index in [-0.39, 0.29) is 0 Å². The molecule has 1 N–H and O–H groups in total. The fraction of sp³-hybridized carbons (Fsp3) is 0.625. The van der Waals surface area contributed by atoms with E-state index in [2.05, 4.69) is 48.3 Å². The Kier molecular flexibility index (Phi) is 5.70. The van der Waals surface area contributed by atoms with Gasteiger partial charge in [0.1, 0.15) is 0 Å². The van der Waals surface area contributed by atoms with Crippen LogP contribution in [0.25, 0.3) is 0 Å². The summed E-state index contributed by atoms with van der Waals surface area (Å²) < 4.78 is 0. The van der Waals surface area contributed by atoms with Crippen molar-refractivity contribution in [2.45, 2.75) is 32.4 Å². The van der Waals surface area contributed by atoms with Crippen LogP contribution in [-0.2, 0) is 6.54 Å². The molecule has 1 atom stereocenters. The smallest absolute Gasteiger partial charge is 0.0471 e. The van der Waals surface area contributed by atoms with E-state index in [0.29, 0.717) is 6.04 Å². The number of rotatable bonds is 5. The highest BCUT2D eigenvalue weighted by molar-refractivity contribution is 6.31. The summed E-state index contributed by atoms with van der Waals surface area (Å²) >= 11 is 6.40. The lowest BCUT2D eigenvalue weighted by Gasteiger charge is -2.38. The number of likely N-dealkylation sites (N-methyl/N-ethyl adjacent to an activating group) is 2. The quantitative estimate of drug-likeness (QED) is 0.901. The minimum absolute atomic E-state index is 0.576. The molecule has 1 aliphatic heterocycles. The Morgan fingerprint density at radius 3 is 2.95 bits per heavy atom. The number of nitrogens with zero attached hydrogens (tertiary/aromatic N) is 2. The van der Waals surface area contributed by atoms with Gasteiger partial charge in [-0.25, -0.2) is 0 Å². The monoisotopic (exact) mass is 295 g/mol. The van der Waals surface area contributed by atoms with Gasteiger partial charge in [0.15, 0.2) is 0 Å². The Hall–Kier alpha value is -0.770. The summed E-state index contributed by atoms with van der Waals surface area (Å²) in [5.74, 6) is 0. The highest BCUT2D eigenvalue weighted by Crippen LogP contribution is 2.29. The van der Waals surface area contributed by atoms with Gasteiger partial charge in [-0.2, -0.15) is 0 Å². The maximum Gasteiger partial charge on any atom is 0.0471 e. The van der Waals surface area contributed by atoms with E-state index in [1.54, 1.807) is 0 Å². The lowest BCUT2D eigenvalue weighted by Crippen LogP contribution is -2.45. The number of hydrogen-bond acceptors (Lipinski definition) is 3. The molecule has 20 heavy (non-hydrogen) atoms. The van der Waals surface area contributed by atoms with Gasteiger partial charge in [-0.1, -0.05) is 24.6 Å². The summed E-state index contributed by atoms with van der Waals surface area (Å²) in [6.45, 7) is 6.25. The first kappa shape index (κ1) is 15.6. The molecule has 0 spiro atoms. The van der Waals surface area contributed by atoms with Crippen LogP contribution in [0.3, 0.4) is 0 Å². The molecule has 0 saturated carbocycles. The predicted octanol–water partition coefficient (Wildman–Crippen LogP) is 2.98. The van der Waals surface area contributed by atoms with Gasteiger partial charge in [0.05, 0.1) is 0 Å². The summed E-state index contributed by atoms with van der Waals surface area (Å²) in [4.78, 5) is 4.83. The van der Waals surface area contributed by atoms with Gasteiger partial charge >= 0.3 is 0 Å². The third kappa shape index (κ3) is 3.66. The second-order valence-electron chi connectivity index (χ2n) is 5.69. The number of likely N-dealkylation sites (tertiary alicyclic amines) is 1. The predicted molar refractivity (Wildman–Crippen MR) is 87.8 cm³/mol. The number of benzene rings is 1. The molecule has 3 nitrogen and oxygen atoms in total. The molecule has 0 aromatic heterocycles. The molecule has 1 unspecified atom stereocenters. The number of nitrogens with one attached hydrogen (secondary N) is 1. The molecule has 112 valence electrons. The Bertz CT molecular complexity index is 436. The largest absolute Gasteiger partial charge is 0.370 e. The summed E-state index contributed by atoms with van der Waals surface area (Å²) in [7, 11) is 4.41. The van der Waals surface area contributed by atoms with Crippen LogP contribution < -0.4 is 10.2 Å². The first-order valence-corrected chi connectivity index (χ1v) is 7.90. The standard InChI is InChI=1S/C16H26ClN3/c1-4-18-11-14-15(17)8-5-9-16(14)20(3)13-7-6-10-19(2)12-13/h5,8-9,13,18H,4,6-7,10-12H2,1-3H3. The van der Waals surface area contributed by atoms with Crippen LogP contribution in [0.15, 0.2) is 18.2 Å².